The van der Waals surface area contributed by atoms with E-state index in [0.29, 0.717) is 47.7 Å². The van der Waals surface area contributed by atoms with E-state index in [1.54, 1.807) is 43.4 Å². The molecule has 1 atom stereocenters. The number of rotatable bonds is 7. The zero-order chi connectivity index (χ0) is 22.7. The normalized spacial score (nSPS) is 15.8. The number of amides is 2. The summed E-state index contributed by atoms with van der Waals surface area (Å²) in [4.78, 5) is 38.2. The molecular weight excluding hydrogens is 412 g/mol. The van der Waals surface area contributed by atoms with Gasteiger partial charge in [-0.2, -0.15) is 0 Å². The molecule has 1 aliphatic heterocycles. The molecule has 0 saturated carbocycles. The van der Waals surface area contributed by atoms with E-state index >= 15 is 0 Å². The molecule has 1 N–H and O–H groups in total. The number of carbonyl (C=O) groups is 2. The lowest BCUT2D eigenvalue weighted by Gasteiger charge is -2.17. The summed E-state index contributed by atoms with van der Waals surface area (Å²) in [5.74, 6) is 0.637. The molecule has 8 nitrogen and oxygen atoms in total. The lowest BCUT2D eigenvalue weighted by Crippen LogP contribution is -2.30. The molecule has 0 spiro atoms. The van der Waals surface area contributed by atoms with Crippen molar-refractivity contribution in [2.75, 3.05) is 32.6 Å². The van der Waals surface area contributed by atoms with E-state index < -0.39 is 11.5 Å². The lowest BCUT2D eigenvalue weighted by molar-refractivity contribution is -0.128. The fourth-order valence-corrected chi connectivity index (χ4v) is 3.86. The van der Waals surface area contributed by atoms with Crippen LogP contribution in [-0.4, -0.2) is 44.0 Å². The van der Waals surface area contributed by atoms with E-state index in [1.165, 1.54) is 6.07 Å². The van der Waals surface area contributed by atoms with Crippen molar-refractivity contribution in [2.24, 2.45) is 5.92 Å². The standard InChI is InChI=1S/C24H24N2O6/c1-30-20-6-3-15(11-21(20)31-2)9-10-26-14-17(13-22(26)27)24(29)25-18-5-7-19-16(12-18)4-8-23(28)32-19/h3-8,11-12,17H,9-10,13-14H2,1-2H3,(H,25,29)/t17-/m1/s1. The van der Waals surface area contributed by atoms with E-state index in [-0.39, 0.29) is 18.2 Å². The van der Waals surface area contributed by atoms with E-state index in [2.05, 4.69) is 5.32 Å². The number of nitrogens with zero attached hydrogens (tertiary/aromatic N) is 1. The molecule has 1 saturated heterocycles. The van der Waals surface area contributed by atoms with Crippen molar-refractivity contribution in [3.63, 3.8) is 0 Å². The van der Waals surface area contributed by atoms with Gasteiger partial charge in [0.05, 0.1) is 20.1 Å². The maximum absolute atomic E-state index is 12.7. The second kappa shape index (κ2) is 9.13. The third kappa shape index (κ3) is 4.59. The highest BCUT2D eigenvalue weighted by atomic mass is 16.5. The van der Waals surface area contributed by atoms with Gasteiger partial charge in [0.25, 0.3) is 0 Å². The summed E-state index contributed by atoms with van der Waals surface area (Å²) in [6.45, 7) is 0.896. The number of hydrogen-bond donors (Lipinski definition) is 1. The van der Waals surface area contributed by atoms with E-state index in [1.807, 2.05) is 18.2 Å². The van der Waals surface area contributed by atoms with Crippen LogP contribution in [0.1, 0.15) is 12.0 Å². The molecule has 166 valence electrons. The van der Waals surface area contributed by atoms with Crippen LogP contribution in [0.15, 0.2) is 57.7 Å². The highest BCUT2D eigenvalue weighted by Gasteiger charge is 2.34. The van der Waals surface area contributed by atoms with Gasteiger partial charge in [0.1, 0.15) is 5.58 Å². The Morgan fingerprint density at radius 2 is 1.88 bits per heavy atom. The molecule has 32 heavy (non-hydrogen) atoms. The SMILES string of the molecule is COc1ccc(CCN2C[C@H](C(=O)Nc3ccc4oc(=O)ccc4c3)CC2=O)cc1OC. The molecule has 3 aromatic rings. The van der Waals surface area contributed by atoms with Gasteiger partial charge in [0, 0.05) is 36.7 Å². The zero-order valence-electron chi connectivity index (χ0n) is 17.9. The first kappa shape index (κ1) is 21.4. The summed E-state index contributed by atoms with van der Waals surface area (Å²) in [6.07, 6.45) is 0.830. The zero-order valence-corrected chi connectivity index (χ0v) is 17.9. The van der Waals surface area contributed by atoms with Crippen molar-refractivity contribution in [2.45, 2.75) is 12.8 Å². The van der Waals surface area contributed by atoms with Gasteiger partial charge < -0.3 is 24.1 Å². The number of benzene rings is 2. The first-order valence-corrected chi connectivity index (χ1v) is 10.3. The van der Waals surface area contributed by atoms with Crippen molar-refractivity contribution in [3.05, 3.63) is 64.5 Å². The molecule has 1 aliphatic rings. The molecule has 8 heteroatoms. The molecule has 0 unspecified atom stereocenters. The van der Waals surface area contributed by atoms with Crippen LogP contribution >= 0.6 is 0 Å². The van der Waals surface area contributed by atoms with Gasteiger partial charge in [-0.3, -0.25) is 9.59 Å². The number of anilines is 1. The second-order valence-electron chi connectivity index (χ2n) is 7.68. The predicted molar refractivity (Wildman–Crippen MR) is 119 cm³/mol. The smallest absolute Gasteiger partial charge is 0.336 e. The summed E-state index contributed by atoms with van der Waals surface area (Å²) in [6, 6.07) is 13.7. The van der Waals surface area contributed by atoms with Crippen LogP contribution < -0.4 is 20.4 Å². The molecule has 4 rings (SSSR count). The molecule has 0 aliphatic carbocycles. The number of likely N-dealkylation sites (tertiary alicyclic amines) is 1. The van der Waals surface area contributed by atoms with E-state index in [9.17, 15) is 14.4 Å². The van der Waals surface area contributed by atoms with Crippen LogP contribution in [0, 0.1) is 5.92 Å². The number of carbonyl (C=O) groups excluding carboxylic acids is 2. The third-order valence-corrected chi connectivity index (χ3v) is 5.59. The maximum atomic E-state index is 12.7. The fraction of sp³-hybridized carbons (Fsp3) is 0.292. The van der Waals surface area contributed by atoms with E-state index in [4.69, 9.17) is 13.9 Å². The van der Waals surface area contributed by atoms with Gasteiger partial charge in [-0.1, -0.05) is 6.07 Å². The number of methoxy groups -OCH3 is 2. The van der Waals surface area contributed by atoms with Crippen molar-refractivity contribution >= 4 is 28.5 Å². The summed E-state index contributed by atoms with van der Waals surface area (Å²) < 4.78 is 15.7. The monoisotopic (exact) mass is 436 g/mol. The molecule has 2 heterocycles. The molecular formula is C24H24N2O6. The Morgan fingerprint density at radius 1 is 1.06 bits per heavy atom. The Morgan fingerprint density at radius 3 is 2.66 bits per heavy atom. The van der Waals surface area contributed by atoms with Crippen LogP contribution in [0.3, 0.4) is 0 Å². The Hall–Kier alpha value is -3.81. The molecule has 1 aromatic heterocycles. The molecule has 0 radical (unpaired) electrons. The summed E-state index contributed by atoms with van der Waals surface area (Å²) >= 11 is 0. The Kier molecular flexibility index (Phi) is 6.11. The van der Waals surface area contributed by atoms with Gasteiger partial charge in [0.15, 0.2) is 11.5 Å². The number of nitrogens with one attached hydrogen (secondary N) is 1. The van der Waals surface area contributed by atoms with Gasteiger partial charge in [0.2, 0.25) is 11.8 Å². The van der Waals surface area contributed by atoms with E-state index in [0.717, 1.165) is 5.56 Å². The largest absolute Gasteiger partial charge is 0.493 e. The second-order valence-corrected chi connectivity index (χ2v) is 7.68. The average molecular weight is 436 g/mol. The minimum absolute atomic E-state index is 0.0362. The minimum atomic E-state index is -0.424. The Labute approximate surface area is 184 Å². The van der Waals surface area contributed by atoms with Crippen molar-refractivity contribution in [3.8, 4) is 11.5 Å². The molecule has 0 bridgehead atoms. The predicted octanol–water partition coefficient (Wildman–Crippen LogP) is 2.84. The number of fused-ring (bicyclic) bond motifs is 1. The van der Waals surface area contributed by atoms with Crippen molar-refractivity contribution in [1.29, 1.82) is 0 Å². The number of hydrogen-bond acceptors (Lipinski definition) is 6. The van der Waals surface area contributed by atoms with Gasteiger partial charge in [-0.15, -0.1) is 0 Å². The number of ether oxygens (including phenoxy) is 2. The average Bonchev–Trinajstić information content (AvgIpc) is 3.18. The summed E-state index contributed by atoms with van der Waals surface area (Å²) in [7, 11) is 3.17. The lowest BCUT2D eigenvalue weighted by atomic mass is 10.1. The Bertz CT molecular complexity index is 1220. The van der Waals surface area contributed by atoms with Crippen molar-refractivity contribution in [1.82, 2.24) is 4.90 Å². The first-order valence-electron chi connectivity index (χ1n) is 10.3. The molecule has 2 aromatic carbocycles. The highest BCUT2D eigenvalue weighted by Crippen LogP contribution is 2.28. The summed E-state index contributed by atoms with van der Waals surface area (Å²) in [5, 5.41) is 3.57. The van der Waals surface area contributed by atoms with Crippen LogP contribution in [0.5, 0.6) is 11.5 Å². The molecule has 2 amide bonds. The highest BCUT2D eigenvalue weighted by molar-refractivity contribution is 5.98. The third-order valence-electron chi connectivity index (χ3n) is 5.59. The minimum Gasteiger partial charge on any atom is -0.493 e. The fourth-order valence-electron chi connectivity index (χ4n) is 3.86. The molecule has 1 fully saturated rings. The van der Waals surface area contributed by atoms with Crippen molar-refractivity contribution < 1.29 is 23.5 Å². The van der Waals surface area contributed by atoms with Gasteiger partial charge >= 0.3 is 5.63 Å². The van der Waals surface area contributed by atoms with Crippen LogP contribution in [0.4, 0.5) is 5.69 Å². The summed E-state index contributed by atoms with van der Waals surface area (Å²) in [5.41, 5.74) is 1.64. The maximum Gasteiger partial charge on any atom is 0.336 e. The van der Waals surface area contributed by atoms with Gasteiger partial charge in [-0.05, 0) is 48.4 Å². The van der Waals surface area contributed by atoms with Crippen LogP contribution in [-0.2, 0) is 16.0 Å². The van der Waals surface area contributed by atoms with Gasteiger partial charge in [-0.25, -0.2) is 4.79 Å². The van der Waals surface area contributed by atoms with Crippen LogP contribution in [0.2, 0.25) is 0 Å². The topological polar surface area (TPSA) is 98.1 Å². The quantitative estimate of drug-likeness (QED) is 0.572. The Balaban J connectivity index is 1.36. The van der Waals surface area contributed by atoms with Crippen LogP contribution in [0.25, 0.3) is 11.0 Å². The first-order chi connectivity index (χ1) is 15.5.